The average Bonchev–Trinajstić information content (AvgIpc) is 3.06. The van der Waals surface area contributed by atoms with Crippen molar-refractivity contribution in [2.75, 3.05) is 12.3 Å². The van der Waals surface area contributed by atoms with Crippen LogP contribution in [0.5, 0.6) is 0 Å². The molecule has 0 bridgehead atoms. The van der Waals surface area contributed by atoms with Crippen LogP contribution in [-0.4, -0.2) is 35.6 Å². The van der Waals surface area contributed by atoms with Crippen molar-refractivity contribution in [2.45, 2.75) is 32.1 Å². The lowest BCUT2D eigenvalue weighted by Crippen LogP contribution is -2.28. The van der Waals surface area contributed by atoms with Crippen molar-refractivity contribution in [2.24, 2.45) is 0 Å². The molecule has 0 spiro atoms. The van der Waals surface area contributed by atoms with Crippen molar-refractivity contribution < 1.29 is 22.0 Å². The first kappa shape index (κ1) is 25.7. The number of nitrogens with zero attached hydrogens (tertiary/aromatic N) is 1. The van der Waals surface area contributed by atoms with E-state index in [2.05, 4.69) is 36.3 Å². The number of fused-ring (bicyclic) bond motifs is 3. The van der Waals surface area contributed by atoms with E-state index in [1.165, 1.54) is 0 Å². The highest BCUT2D eigenvalue weighted by molar-refractivity contribution is 7.85. The van der Waals surface area contributed by atoms with Crippen LogP contribution in [0.3, 0.4) is 0 Å². The molecular weight excluding hydrogens is 498 g/mol. The van der Waals surface area contributed by atoms with Crippen LogP contribution in [0.4, 0.5) is 5.69 Å². The fourth-order valence-corrected chi connectivity index (χ4v) is 5.62. The zero-order chi connectivity index (χ0) is 26.9. The summed E-state index contributed by atoms with van der Waals surface area (Å²) in [6.45, 7) is 4.84. The maximum atomic E-state index is 12.9. The molecule has 2 aliphatic rings. The molecule has 0 unspecified atom stereocenters. The van der Waals surface area contributed by atoms with Crippen molar-refractivity contribution in [3.8, 4) is 11.8 Å². The van der Waals surface area contributed by atoms with Gasteiger partial charge in [0.1, 0.15) is 12.1 Å². The summed E-state index contributed by atoms with van der Waals surface area (Å²) in [5.74, 6) is 5.79. The van der Waals surface area contributed by atoms with Gasteiger partial charge in [0, 0.05) is 35.1 Å². The number of allylic oxidation sites excluding steroid dienone is 4. The van der Waals surface area contributed by atoms with Crippen LogP contribution in [-0.2, 0) is 15.5 Å². The zero-order valence-corrected chi connectivity index (χ0v) is 22.1. The number of para-hydroxylation sites is 1. The highest BCUT2D eigenvalue weighted by Crippen LogP contribution is 2.40. The molecule has 1 aliphatic carbocycles. The summed E-state index contributed by atoms with van der Waals surface area (Å²) in [6.07, 6.45) is 12.2. The van der Waals surface area contributed by atoms with Gasteiger partial charge in [-0.05, 0) is 56.2 Å². The summed E-state index contributed by atoms with van der Waals surface area (Å²) in [4.78, 5) is 12.9. The summed E-state index contributed by atoms with van der Waals surface area (Å²) >= 11 is 0. The van der Waals surface area contributed by atoms with Gasteiger partial charge in [0.2, 0.25) is 5.69 Å². The van der Waals surface area contributed by atoms with Crippen LogP contribution < -0.4 is 5.63 Å². The van der Waals surface area contributed by atoms with Gasteiger partial charge in [-0.3, -0.25) is 4.55 Å². The molecule has 0 amide bonds. The smallest absolute Gasteiger partial charge is 0.343 e. The molecule has 1 aromatic heterocycles. The molecular formula is C31H28NO5S+. The molecule has 0 saturated carbocycles. The predicted molar refractivity (Wildman–Crippen MR) is 151 cm³/mol. The summed E-state index contributed by atoms with van der Waals surface area (Å²) in [7, 11) is -3.99. The number of unbranched alkanes of at least 4 members (excludes halogenated alkanes) is 1. The van der Waals surface area contributed by atoms with E-state index >= 15 is 0 Å². The molecule has 0 fully saturated rings. The normalized spacial score (nSPS) is 17.4. The molecule has 5 rings (SSSR count). The predicted octanol–water partition coefficient (Wildman–Crippen LogP) is 5.49. The third-order valence-electron chi connectivity index (χ3n) is 6.96. The standard InChI is InChI=1S/C31H27NO5S/c1-31(2)26-13-7-8-14-27(26)32(17-9-10-18-38(34,35)36)29(31)16-15-24-20-25-19-22-11-5-3-4-6-12-23(22)21-28(25)37-30(24)33/h3-5,7-8,11,13-16,19-21H,9-10,17-18H2,1-2H3/p+1/b4-3-,5-3?,11-5-,16-15+,22-11?. The van der Waals surface area contributed by atoms with Crippen molar-refractivity contribution >= 4 is 44.6 Å². The van der Waals surface area contributed by atoms with E-state index in [0.29, 0.717) is 30.5 Å². The highest BCUT2D eigenvalue weighted by Gasteiger charge is 2.43. The molecule has 2 aromatic carbocycles. The van der Waals surface area contributed by atoms with Crippen LogP contribution >= 0.6 is 0 Å². The minimum atomic E-state index is -3.99. The number of rotatable bonds is 7. The molecule has 7 heteroatoms. The van der Waals surface area contributed by atoms with E-state index in [1.54, 1.807) is 18.2 Å². The number of hydrogen-bond acceptors (Lipinski definition) is 4. The van der Waals surface area contributed by atoms with Crippen LogP contribution in [0.25, 0.3) is 23.1 Å². The fraction of sp³-hybridized carbons (Fsp3) is 0.226. The summed E-state index contributed by atoms with van der Waals surface area (Å²) < 4.78 is 39.3. The first-order chi connectivity index (χ1) is 18.1. The second-order valence-corrected chi connectivity index (χ2v) is 11.5. The van der Waals surface area contributed by atoms with Crippen LogP contribution in [0, 0.1) is 11.8 Å². The maximum Gasteiger partial charge on any atom is 0.343 e. The van der Waals surface area contributed by atoms with E-state index < -0.39 is 15.7 Å². The summed E-state index contributed by atoms with van der Waals surface area (Å²) in [5.41, 5.74) is 5.11. The lowest BCUT2D eigenvalue weighted by atomic mass is 9.81. The van der Waals surface area contributed by atoms with Crippen LogP contribution in [0.2, 0.25) is 0 Å². The Hall–Kier alpha value is -3.99. The Kier molecular flexibility index (Phi) is 6.78. The Morgan fingerprint density at radius 2 is 1.89 bits per heavy atom. The Morgan fingerprint density at radius 1 is 1.08 bits per heavy atom. The maximum absolute atomic E-state index is 12.9. The highest BCUT2D eigenvalue weighted by atomic mass is 32.2. The van der Waals surface area contributed by atoms with Gasteiger partial charge in [-0.2, -0.15) is 13.0 Å². The number of hydrogen-bond donors (Lipinski definition) is 1. The summed E-state index contributed by atoms with van der Waals surface area (Å²) in [6, 6.07) is 13.7. The van der Waals surface area contributed by atoms with Crippen molar-refractivity contribution in [1.82, 2.24) is 0 Å². The van der Waals surface area contributed by atoms with Crippen molar-refractivity contribution in [3.63, 3.8) is 0 Å². The van der Waals surface area contributed by atoms with E-state index in [9.17, 15) is 13.2 Å². The molecule has 3 aromatic rings. The van der Waals surface area contributed by atoms with E-state index in [4.69, 9.17) is 8.97 Å². The van der Waals surface area contributed by atoms with Crippen molar-refractivity contribution in [1.29, 1.82) is 0 Å². The molecule has 0 atom stereocenters. The Balaban J connectivity index is 1.53. The van der Waals surface area contributed by atoms with Gasteiger partial charge >= 0.3 is 5.63 Å². The second-order valence-electron chi connectivity index (χ2n) is 9.96. The van der Waals surface area contributed by atoms with Gasteiger partial charge in [-0.1, -0.05) is 48.3 Å². The van der Waals surface area contributed by atoms with Crippen LogP contribution in [0.1, 0.15) is 48.9 Å². The monoisotopic (exact) mass is 526 g/mol. The lowest BCUT2D eigenvalue weighted by molar-refractivity contribution is -0.438. The first-order valence-corrected chi connectivity index (χ1v) is 14.1. The molecule has 1 N–H and O–H groups in total. The van der Waals surface area contributed by atoms with Crippen LogP contribution in [0.15, 0.2) is 76.0 Å². The molecule has 0 radical (unpaired) electrons. The van der Waals surface area contributed by atoms with E-state index in [1.807, 2.05) is 54.6 Å². The third kappa shape index (κ3) is 5.19. The lowest BCUT2D eigenvalue weighted by Gasteiger charge is -2.15. The number of benzene rings is 2. The Labute approximate surface area is 222 Å². The largest absolute Gasteiger partial charge is 0.422 e. The molecule has 38 heavy (non-hydrogen) atoms. The van der Waals surface area contributed by atoms with E-state index in [-0.39, 0.29) is 11.2 Å². The molecule has 1 aliphatic heterocycles. The third-order valence-corrected chi connectivity index (χ3v) is 7.76. The first-order valence-electron chi connectivity index (χ1n) is 12.5. The molecule has 2 heterocycles. The topological polar surface area (TPSA) is 87.6 Å². The molecule has 0 saturated heterocycles. The van der Waals surface area contributed by atoms with Gasteiger partial charge in [0.05, 0.1) is 16.7 Å². The second kappa shape index (κ2) is 10.1. The van der Waals surface area contributed by atoms with E-state index in [0.717, 1.165) is 33.5 Å². The minimum absolute atomic E-state index is 0.268. The van der Waals surface area contributed by atoms with Gasteiger partial charge < -0.3 is 4.42 Å². The summed E-state index contributed by atoms with van der Waals surface area (Å²) in [5, 5.41) is 0.806. The van der Waals surface area contributed by atoms with Gasteiger partial charge in [-0.25, -0.2) is 4.79 Å². The SMILES string of the molecule is CC1(C)C(/C=C/c2cc3cc4c(cc3oc2=O)C#C/C=C\C=C/4)=[N+](CCCCS(=O)(=O)O)c2ccccc21. The van der Waals surface area contributed by atoms with Gasteiger partial charge in [-0.15, -0.1) is 0 Å². The molecule has 192 valence electrons. The minimum Gasteiger partial charge on any atom is -0.422 e. The Morgan fingerprint density at radius 3 is 2.71 bits per heavy atom. The fourth-order valence-electron chi connectivity index (χ4n) is 5.05. The Bertz CT molecular complexity index is 1790. The van der Waals surface area contributed by atoms with Crippen molar-refractivity contribution in [3.05, 3.63) is 99.4 Å². The zero-order valence-electron chi connectivity index (χ0n) is 21.3. The van der Waals surface area contributed by atoms with Gasteiger partial charge in [0.15, 0.2) is 5.71 Å². The molecule has 6 nitrogen and oxygen atoms in total. The van der Waals surface area contributed by atoms with Gasteiger partial charge in [0.25, 0.3) is 10.1 Å². The quantitative estimate of drug-likeness (QED) is 0.145. The average molecular weight is 527 g/mol.